The van der Waals surface area contributed by atoms with E-state index in [0.29, 0.717) is 64.4 Å². The quantitative estimate of drug-likeness (QED) is 0.463. The summed E-state index contributed by atoms with van der Waals surface area (Å²) in [5.41, 5.74) is 6.90. The van der Waals surface area contributed by atoms with Crippen molar-refractivity contribution < 1.29 is 14.3 Å². The van der Waals surface area contributed by atoms with Gasteiger partial charge in [0.25, 0.3) is 0 Å². The molecule has 0 saturated carbocycles. The first-order valence-electron chi connectivity index (χ1n) is 9.03. The third-order valence-electron chi connectivity index (χ3n) is 4.92. The topological polar surface area (TPSA) is 99.3 Å². The molecule has 1 saturated heterocycles. The summed E-state index contributed by atoms with van der Waals surface area (Å²) in [5, 5.41) is 13.8. The van der Waals surface area contributed by atoms with Crippen molar-refractivity contribution >= 4 is 40.4 Å². The number of urea groups is 1. The van der Waals surface area contributed by atoms with E-state index in [1.165, 1.54) is 11.3 Å². The number of carbonyl (C=O) groups excluding carboxylic acids is 2. The van der Waals surface area contributed by atoms with Crippen molar-refractivity contribution in [1.82, 2.24) is 20.6 Å². The zero-order valence-electron chi connectivity index (χ0n) is 15.1. The van der Waals surface area contributed by atoms with Crippen LogP contribution >= 0.6 is 22.9 Å². The molecule has 0 atom stereocenters. The molecule has 2 aromatic heterocycles. The number of aromatic nitrogens is 2. The molecule has 1 aromatic carbocycles. The lowest BCUT2D eigenvalue weighted by molar-refractivity contribution is 0.0207. The van der Waals surface area contributed by atoms with E-state index in [1.807, 2.05) is 11.4 Å². The Kier molecular flexibility index (Phi) is 4.59. The number of ether oxygens (including phenoxy) is 1. The Morgan fingerprint density at radius 3 is 2.86 bits per heavy atom. The minimum Gasteiger partial charge on any atom is -0.379 e. The summed E-state index contributed by atoms with van der Waals surface area (Å²) in [4.78, 5) is 25.7. The van der Waals surface area contributed by atoms with Gasteiger partial charge in [0.05, 0.1) is 40.1 Å². The largest absolute Gasteiger partial charge is 0.379 e. The second-order valence-electron chi connectivity index (χ2n) is 6.68. The average Bonchev–Trinajstić information content (AvgIpc) is 3.40. The second kappa shape index (κ2) is 7.27. The molecule has 8 nitrogen and oxygen atoms in total. The van der Waals surface area contributed by atoms with Crippen molar-refractivity contribution in [3.63, 3.8) is 0 Å². The molecule has 3 aromatic rings. The summed E-state index contributed by atoms with van der Waals surface area (Å²) in [6, 6.07) is 6.73. The van der Waals surface area contributed by atoms with E-state index in [1.54, 1.807) is 23.2 Å². The Morgan fingerprint density at radius 1 is 1.28 bits per heavy atom. The number of hydrogen-bond donors (Lipinski definition) is 3. The molecule has 3 N–H and O–H groups in total. The van der Waals surface area contributed by atoms with Crippen LogP contribution in [0.25, 0.3) is 22.5 Å². The summed E-state index contributed by atoms with van der Waals surface area (Å²) < 4.78 is 5.91. The van der Waals surface area contributed by atoms with Crippen molar-refractivity contribution in [2.45, 2.75) is 0 Å². The monoisotopic (exact) mass is 429 g/mol. The number of hydrazine groups is 1. The predicted octanol–water partition coefficient (Wildman–Crippen LogP) is 3.37. The standard InChI is InChI=1S/C19H16ClN5O3S/c20-13-8-10(9-29-13)16-15-17(23-22-16)11-2-1-3-12(14(11)18(15)26)21-19(27)24-25-4-6-28-7-5-25/h1-3,8-9H,4-7H2,(H,22,23)(H2,21,24,27). The fourth-order valence-corrected chi connectivity index (χ4v) is 4.47. The lowest BCUT2D eigenvalue weighted by Crippen LogP contribution is -2.49. The number of anilines is 1. The first-order valence-corrected chi connectivity index (χ1v) is 10.3. The van der Waals surface area contributed by atoms with Gasteiger partial charge in [-0.25, -0.2) is 9.80 Å². The number of thiophene rings is 1. The van der Waals surface area contributed by atoms with Gasteiger partial charge in [0.2, 0.25) is 0 Å². The minimum absolute atomic E-state index is 0.177. The highest BCUT2D eigenvalue weighted by atomic mass is 35.5. The normalized spacial score (nSPS) is 15.8. The van der Waals surface area contributed by atoms with Crippen LogP contribution in [0.15, 0.2) is 29.6 Å². The fourth-order valence-electron chi connectivity index (χ4n) is 3.60. The predicted molar refractivity (Wildman–Crippen MR) is 110 cm³/mol. The number of hydrogen-bond acceptors (Lipinski definition) is 6. The van der Waals surface area contributed by atoms with Gasteiger partial charge < -0.3 is 10.1 Å². The van der Waals surface area contributed by atoms with Crippen LogP contribution in [0.3, 0.4) is 0 Å². The number of amides is 2. The van der Waals surface area contributed by atoms with Crippen LogP contribution < -0.4 is 10.7 Å². The van der Waals surface area contributed by atoms with Crippen LogP contribution in [0.4, 0.5) is 10.5 Å². The third kappa shape index (κ3) is 3.22. The van der Waals surface area contributed by atoms with E-state index >= 15 is 0 Å². The van der Waals surface area contributed by atoms with Gasteiger partial charge in [0.15, 0.2) is 5.78 Å². The van der Waals surface area contributed by atoms with Gasteiger partial charge in [0.1, 0.15) is 5.69 Å². The van der Waals surface area contributed by atoms with Gasteiger partial charge in [-0.05, 0) is 12.1 Å². The number of aromatic amines is 1. The van der Waals surface area contributed by atoms with Crippen LogP contribution in [0, 0.1) is 0 Å². The number of fused-ring (bicyclic) bond motifs is 3. The molecule has 0 radical (unpaired) electrons. The lowest BCUT2D eigenvalue weighted by Gasteiger charge is -2.27. The van der Waals surface area contributed by atoms with Crippen LogP contribution in [-0.4, -0.2) is 53.3 Å². The number of nitrogens with zero attached hydrogens (tertiary/aromatic N) is 2. The molecule has 1 aliphatic heterocycles. The Bertz CT molecular complexity index is 1120. The van der Waals surface area contributed by atoms with Crippen molar-refractivity contribution in [2.24, 2.45) is 0 Å². The van der Waals surface area contributed by atoms with E-state index in [-0.39, 0.29) is 5.78 Å². The number of nitrogens with one attached hydrogen (secondary N) is 3. The highest BCUT2D eigenvalue weighted by Crippen LogP contribution is 2.43. The zero-order chi connectivity index (χ0) is 20.0. The van der Waals surface area contributed by atoms with Gasteiger partial charge in [-0.3, -0.25) is 15.3 Å². The van der Waals surface area contributed by atoms with E-state index in [9.17, 15) is 9.59 Å². The molecular weight excluding hydrogens is 414 g/mol. The van der Waals surface area contributed by atoms with Crippen LogP contribution in [0.1, 0.15) is 15.9 Å². The summed E-state index contributed by atoms with van der Waals surface area (Å²) in [6.45, 7) is 2.36. The Balaban J connectivity index is 1.44. The molecule has 1 aliphatic carbocycles. The van der Waals surface area contributed by atoms with E-state index in [0.717, 1.165) is 5.56 Å². The zero-order valence-corrected chi connectivity index (χ0v) is 16.7. The number of H-pyrrole nitrogens is 1. The van der Waals surface area contributed by atoms with Crippen LogP contribution in [0.2, 0.25) is 4.34 Å². The molecule has 1 fully saturated rings. The molecule has 0 spiro atoms. The maximum Gasteiger partial charge on any atom is 0.333 e. The van der Waals surface area contributed by atoms with E-state index in [2.05, 4.69) is 20.9 Å². The second-order valence-corrected chi connectivity index (χ2v) is 8.23. The number of morpholine rings is 1. The molecule has 29 heavy (non-hydrogen) atoms. The number of rotatable bonds is 3. The first kappa shape index (κ1) is 18.3. The Morgan fingerprint density at radius 2 is 2.10 bits per heavy atom. The molecule has 148 valence electrons. The molecule has 5 rings (SSSR count). The van der Waals surface area contributed by atoms with Gasteiger partial charge in [0, 0.05) is 29.6 Å². The third-order valence-corrected chi connectivity index (χ3v) is 6.01. The highest BCUT2D eigenvalue weighted by Gasteiger charge is 2.35. The molecule has 3 heterocycles. The lowest BCUT2D eigenvalue weighted by atomic mass is 10.0. The van der Waals surface area contributed by atoms with E-state index in [4.69, 9.17) is 16.3 Å². The number of benzene rings is 1. The summed E-state index contributed by atoms with van der Waals surface area (Å²) in [7, 11) is 0. The first-order chi connectivity index (χ1) is 14.1. The smallest absolute Gasteiger partial charge is 0.333 e. The van der Waals surface area contributed by atoms with Gasteiger partial charge >= 0.3 is 6.03 Å². The van der Waals surface area contributed by atoms with Crippen molar-refractivity contribution in [1.29, 1.82) is 0 Å². The van der Waals surface area contributed by atoms with Crippen molar-refractivity contribution in [3.8, 4) is 22.5 Å². The molecule has 0 bridgehead atoms. The van der Waals surface area contributed by atoms with Crippen molar-refractivity contribution in [3.05, 3.63) is 45.1 Å². The molecule has 2 amide bonds. The Labute approximate surface area is 174 Å². The molecule has 10 heteroatoms. The minimum atomic E-state index is -0.399. The molecule has 2 aliphatic rings. The van der Waals surface area contributed by atoms with Crippen molar-refractivity contribution in [2.75, 3.05) is 31.6 Å². The number of ketones is 1. The maximum absolute atomic E-state index is 13.3. The summed E-state index contributed by atoms with van der Waals surface area (Å²) in [6.07, 6.45) is 0. The maximum atomic E-state index is 13.3. The van der Waals surface area contributed by atoms with Gasteiger partial charge in [-0.15, -0.1) is 11.3 Å². The summed E-state index contributed by atoms with van der Waals surface area (Å²) >= 11 is 7.44. The highest BCUT2D eigenvalue weighted by molar-refractivity contribution is 7.14. The number of carbonyl (C=O) groups is 2. The van der Waals surface area contributed by atoms with Gasteiger partial charge in [-0.2, -0.15) is 5.10 Å². The molecular formula is C19H16ClN5O3S. The molecule has 0 unspecified atom stereocenters. The van der Waals surface area contributed by atoms with Gasteiger partial charge in [-0.1, -0.05) is 23.7 Å². The average molecular weight is 430 g/mol. The summed E-state index contributed by atoms with van der Waals surface area (Å²) in [5.74, 6) is -0.177. The Hall–Kier alpha value is -2.72. The SMILES string of the molecule is O=C(Nc1cccc2c1C(=O)c1c-2n[nH]c1-c1csc(Cl)c1)NN1CCOCC1. The van der Waals surface area contributed by atoms with E-state index < -0.39 is 6.03 Å². The van der Waals surface area contributed by atoms with Crippen LogP contribution in [-0.2, 0) is 4.74 Å². The van der Waals surface area contributed by atoms with Crippen LogP contribution in [0.5, 0.6) is 0 Å². The number of halogens is 1. The fraction of sp³-hybridized carbons (Fsp3) is 0.211.